The second-order valence-electron chi connectivity index (χ2n) is 4.83. The van der Waals surface area contributed by atoms with Crippen molar-refractivity contribution in [3.8, 4) is 0 Å². The average Bonchev–Trinajstić information content (AvgIpc) is 2.49. The minimum atomic E-state index is -3.89. The Bertz CT molecular complexity index is 804. The van der Waals surface area contributed by atoms with E-state index in [4.69, 9.17) is 0 Å². The molecule has 1 amide bonds. The quantitative estimate of drug-likeness (QED) is 0.913. The molecule has 23 heavy (non-hydrogen) atoms. The van der Waals surface area contributed by atoms with Gasteiger partial charge in [-0.05, 0) is 43.3 Å². The standard InChI is InChI=1S/C16H17FN2O3S/c1-3-19(16-7-5-4-6-15(16)17)23(21,22)14-10-8-13(9-11-14)18-12(2)20/h4-11H,3H2,1-2H3,(H,18,20). The highest BCUT2D eigenvalue weighted by Gasteiger charge is 2.25. The van der Waals surface area contributed by atoms with Gasteiger partial charge >= 0.3 is 0 Å². The molecule has 0 saturated heterocycles. The number of hydrogen-bond donors (Lipinski definition) is 1. The predicted molar refractivity (Wildman–Crippen MR) is 87.4 cm³/mol. The van der Waals surface area contributed by atoms with E-state index in [9.17, 15) is 17.6 Å². The van der Waals surface area contributed by atoms with Gasteiger partial charge in [-0.3, -0.25) is 9.10 Å². The summed E-state index contributed by atoms with van der Waals surface area (Å²) >= 11 is 0. The van der Waals surface area contributed by atoms with E-state index in [1.165, 1.54) is 49.4 Å². The van der Waals surface area contributed by atoms with Gasteiger partial charge in [0.15, 0.2) is 0 Å². The minimum absolute atomic E-state index is 0.000868. The third kappa shape index (κ3) is 3.68. The number of nitrogens with zero attached hydrogens (tertiary/aromatic N) is 1. The third-order valence-electron chi connectivity index (χ3n) is 3.17. The molecule has 7 heteroatoms. The number of carbonyl (C=O) groups is 1. The maximum atomic E-state index is 13.9. The van der Waals surface area contributed by atoms with Gasteiger partial charge in [-0.15, -0.1) is 0 Å². The second-order valence-corrected chi connectivity index (χ2v) is 6.69. The average molecular weight is 336 g/mol. The van der Waals surface area contributed by atoms with Gasteiger partial charge in [0, 0.05) is 19.2 Å². The number of amides is 1. The first-order valence-electron chi connectivity index (χ1n) is 7.01. The van der Waals surface area contributed by atoms with Gasteiger partial charge < -0.3 is 5.32 Å². The topological polar surface area (TPSA) is 66.5 Å². The lowest BCUT2D eigenvalue weighted by molar-refractivity contribution is -0.114. The molecule has 0 spiro atoms. The lowest BCUT2D eigenvalue weighted by Crippen LogP contribution is -2.31. The van der Waals surface area contributed by atoms with Crippen LogP contribution in [0.25, 0.3) is 0 Å². The van der Waals surface area contributed by atoms with E-state index in [1.807, 2.05) is 0 Å². The van der Waals surface area contributed by atoms with Crippen molar-refractivity contribution in [1.82, 2.24) is 0 Å². The fraction of sp³-hybridized carbons (Fsp3) is 0.188. The molecule has 2 aromatic rings. The lowest BCUT2D eigenvalue weighted by Gasteiger charge is -2.23. The Morgan fingerprint density at radius 1 is 1.13 bits per heavy atom. The van der Waals surface area contributed by atoms with Crippen LogP contribution in [0, 0.1) is 5.82 Å². The molecule has 0 aliphatic rings. The van der Waals surface area contributed by atoms with Crippen LogP contribution in [-0.4, -0.2) is 20.9 Å². The molecule has 0 aliphatic heterocycles. The molecular weight excluding hydrogens is 319 g/mol. The summed E-state index contributed by atoms with van der Waals surface area (Å²) in [4.78, 5) is 11.0. The number of carbonyl (C=O) groups excluding carboxylic acids is 1. The zero-order chi connectivity index (χ0) is 17.0. The van der Waals surface area contributed by atoms with Gasteiger partial charge in [0.2, 0.25) is 5.91 Å². The third-order valence-corrected chi connectivity index (χ3v) is 5.07. The van der Waals surface area contributed by atoms with Crippen LogP contribution >= 0.6 is 0 Å². The smallest absolute Gasteiger partial charge is 0.264 e. The summed E-state index contributed by atoms with van der Waals surface area (Å²) < 4.78 is 40.4. The second kappa shape index (κ2) is 6.78. The van der Waals surface area contributed by atoms with Crippen LogP contribution in [0.4, 0.5) is 15.8 Å². The SMILES string of the molecule is CCN(c1ccccc1F)S(=O)(=O)c1ccc(NC(C)=O)cc1. The fourth-order valence-corrected chi connectivity index (χ4v) is 3.65. The largest absolute Gasteiger partial charge is 0.326 e. The molecule has 0 saturated carbocycles. The molecule has 122 valence electrons. The van der Waals surface area contributed by atoms with Crippen molar-refractivity contribution >= 4 is 27.3 Å². The number of rotatable bonds is 5. The van der Waals surface area contributed by atoms with Crippen LogP contribution in [0.5, 0.6) is 0 Å². The zero-order valence-corrected chi connectivity index (χ0v) is 13.6. The van der Waals surface area contributed by atoms with E-state index < -0.39 is 15.8 Å². The molecule has 0 fully saturated rings. The monoisotopic (exact) mass is 336 g/mol. The highest BCUT2D eigenvalue weighted by molar-refractivity contribution is 7.92. The molecule has 2 rings (SSSR count). The Labute approximate surface area is 134 Å². The molecule has 0 aliphatic carbocycles. The molecule has 0 heterocycles. The Hall–Kier alpha value is -2.41. The number of anilines is 2. The predicted octanol–water partition coefficient (Wildman–Crippen LogP) is 3.00. The van der Waals surface area contributed by atoms with Crippen molar-refractivity contribution in [2.75, 3.05) is 16.2 Å². The van der Waals surface area contributed by atoms with Crippen LogP contribution in [0.1, 0.15) is 13.8 Å². The molecule has 0 aromatic heterocycles. The summed E-state index contributed by atoms with van der Waals surface area (Å²) in [5.41, 5.74) is 0.492. The number of halogens is 1. The first-order chi connectivity index (χ1) is 10.9. The first-order valence-corrected chi connectivity index (χ1v) is 8.45. The highest BCUT2D eigenvalue weighted by Crippen LogP contribution is 2.26. The Balaban J connectivity index is 2.39. The molecule has 0 bridgehead atoms. The number of nitrogens with one attached hydrogen (secondary N) is 1. The summed E-state index contributed by atoms with van der Waals surface area (Å²) in [6.07, 6.45) is 0. The normalized spacial score (nSPS) is 11.1. The van der Waals surface area contributed by atoms with E-state index in [1.54, 1.807) is 13.0 Å². The van der Waals surface area contributed by atoms with Gasteiger partial charge in [-0.25, -0.2) is 12.8 Å². The number of para-hydroxylation sites is 1. The van der Waals surface area contributed by atoms with Crippen LogP contribution in [0.15, 0.2) is 53.4 Å². The van der Waals surface area contributed by atoms with Crippen molar-refractivity contribution in [1.29, 1.82) is 0 Å². The molecule has 5 nitrogen and oxygen atoms in total. The van der Waals surface area contributed by atoms with Crippen LogP contribution < -0.4 is 9.62 Å². The maximum absolute atomic E-state index is 13.9. The van der Waals surface area contributed by atoms with Crippen LogP contribution in [0.2, 0.25) is 0 Å². The highest BCUT2D eigenvalue weighted by atomic mass is 32.2. The van der Waals surface area contributed by atoms with Crippen LogP contribution in [0.3, 0.4) is 0 Å². The van der Waals surface area contributed by atoms with Crippen molar-refractivity contribution in [3.63, 3.8) is 0 Å². The minimum Gasteiger partial charge on any atom is -0.326 e. The molecule has 1 N–H and O–H groups in total. The summed E-state index contributed by atoms with van der Waals surface area (Å²) in [5.74, 6) is -0.852. The number of sulfonamides is 1. The number of benzene rings is 2. The fourth-order valence-electron chi connectivity index (χ4n) is 2.16. The van der Waals surface area contributed by atoms with Crippen molar-refractivity contribution in [2.24, 2.45) is 0 Å². The van der Waals surface area contributed by atoms with Gasteiger partial charge in [-0.1, -0.05) is 12.1 Å². The van der Waals surface area contributed by atoms with Gasteiger partial charge in [0.05, 0.1) is 10.6 Å². The van der Waals surface area contributed by atoms with Gasteiger partial charge in [-0.2, -0.15) is 0 Å². The van der Waals surface area contributed by atoms with Gasteiger partial charge in [0.1, 0.15) is 5.82 Å². The van der Waals surface area contributed by atoms with E-state index in [0.29, 0.717) is 5.69 Å². The van der Waals surface area contributed by atoms with Crippen molar-refractivity contribution < 1.29 is 17.6 Å². The van der Waals surface area contributed by atoms with E-state index >= 15 is 0 Å². The lowest BCUT2D eigenvalue weighted by atomic mass is 10.3. The summed E-state index contributed by atoms with van der Waals surface area (Å²) in [5, 5.41) is 2.56. The molecule has 0 atom stereocenters. The first kappa shape index (κ1) is 17.0. The molecule has 0 unspecified atom stereocenters. The van der Waals surface area contributed by atoms with Crippen LogP contribution in [-0.2, 0) is 14.8 Å². The van der Waals surface area contributed by atoms with Crippen molar-refractivity contribution in [2.45, 2.75) is 18.7 Å². The molecule has 2 aromatic carbocycles. The zero-order valence-electron chi connectivity index (χ0n) is 12.8. The Morgan fingerprint density at radius 2 is 1.74 bits per heavy atom. The van der Waals surface area contributed by atoms with E-state index in [2.05, 4.69) is 5.32 Å². The Morgan fingerprint density at radius 3 is 2.26 bits per heavy atom. The Kier molecular flexibility index (Phi) is 5.00. The maximum Gasteiger partial charge on any atom is 0.264 e. The van der Waals surface area contributed by atoms with Crippen molar-refractivity contribution in [3.05, 3.63) is 54.3 Å². The van der Waals surface area contributed by atoms with E-state index in [0.717, 1.165) is 4.31 Å². The summed E-state index contributed by atoms with van der Waals surface area (Å²) in [6.45, 7) is 3.09. The summed E-state index contributed by atoms with van der Waals surface area (Å²) in [7, 11) is -3.89. The van der Waals surface area contributed by atoms with Gasteiger partial charge in [0.25, 0.3) is 10.0 Å². The molecule has 0 radical (unpaired) electrons. The summed E-state index contributed by atoms with van der Waals surface area (Å²) in [6, 6.07) is 11.5. The number of hydrogen-bond acceptors (Lipinski definition) is 3. The molecular formula is C16H17FN2O3S. The van der Waals surface area contributed by atoms with E-state index in [-0.39, 0.29) is 23.0 Å².